The van der Waals surface area contributed by atoms with Crippen molar-refractivity contribution >= 4 is 21.6 Å². The first-order valence-corrected chi connectivity index (χ1v) is 5.57. The lowest BCUT2D eigenvalue weighted by molar-refractivity contribution is 0.461. The molecule has 17 heavy (non-hydrogen) atoms. The topological polar surface area (TPSA) is 71.9 Å². The number of pyridine rings is 1. The summed E-state index contributed by atoms with van der Waals surface area (Å²) in [5.74, 6) is 0.867. The molecule has 2 N–H and O–H groups in total. The van der Waals surface area contributed by atoms with Crippen LogP contribution in [0.15, 0.2) is 41.0 Å². The number of aromatic nitrogens is 1. The molecule has 0 unspecified atom stereocenters. The summed E-state index contributed by atoms with van der Waals surface area (Å²) in [6.07, 6.45) is 1.45. The molecule has 0 bridgehead atoms. The van der Waals surface area contributed by atoms with E-state index in [0.717, 1.165) is 4.47 Å². The van der Waals surface area contributed by atoms with Crippen LogP contribution in [0, 0.1) is 11.3 Å². The van der Waals surface area contributed by atoms with Crippen molar-refractivity contribution in [3.8, 4) is 17.7 Å². The molecule has 1 heterocycles. The Kier molecular flexibility index (Phi) is 3.26. The van der Waals surface area contributed by atoms with Crippen LogP contribution in [0.25, 0.3) is 0 Å². The van der Waals surface area contributed by atoms with Crippen molar-refractivity contribution in [3.05, 3.63) is 46.6 Å². The van der Waals surface area contributed by atoms with Gasteiger partial charge in [0.25, 0.3) is 0 Å². The van der Waals surface area contributed by atoms with E-state index in [1.54, 1.807) is 12.1 Å². The average molecular weight is 290 g/mol. The molecular formula is C12H8BrN3O. The number of anilines is 1. The van der Waals surface area contributed by atoms with Crippen LogP contribution >= 0.6 is 15.9 Å². The zero-order chi connectivity index (χ0) is 12.3. The molecule has 1 aromatic carbocycles. The van der Waals surface area contributed by atoms with Crippen LogP contribution in [0.1, 0.15) is 5.56 Å². The fourth-order valence-electron chi connectivity index (χ4n) is 1.24. The van der Waals surface area contributed by atoms with E-state index in [9.17, 15) is 0 Å². The van der Waals surface area contributed by atoms with Gasteiger partial charge in [-0.2, -0.15) is 5.26 Å². The number of nitrogens with two attached hydrogens (primary N) is 1. The molecule has 0 aliphatic carbocycles. The predicted molar refractivity (Wildman–Crippen MR) is 67.6 cm³/mol. The molecule has 4 nitrogen and oxygen atoms in total. The molecule has 5 heteroatoms. The summed E-state index contributed by atoms with van der Waals surface area (Å²) < 4.78 is 6.45. The second-order valence-electron chi connectivity index (χ2n) is 3.29. The van der Waals surface area contributed by atoms with Crippen molar-refractivity contribution in [2.24, 2.45) is 0 Å². The van der Waals surface area contributed by atoms with Gasteiger partial charge < -0.3 is 10.5 Å². The van der Waals surface area contributed by atoms with E-state index in [2.05, 4.69) is 20.9 Å². The third-order valence-electron chi connectivity index (χ3n) is 2.02. The molecule has 84 valence electrons. The molecule has 0 amide bonds. The maximum atomic E-state index is 8.93. The Morgan fingerprint density at radius 1 is 1.29 bits per heavy atom. The molecule has 0 saturated carbocycles. The number of hydrogen-bond acceptors (Lipinski definition) is 4. The summed E-state index contributed by atoms with van der Waals surface area (Å²) in [6, 6.07) is 10.8. The monoisotopic (exact) mass is 289 g/mol. The minimum atomic E-state index is 0.254. The zero-order valence-electron chi connectivity index (χ0n) is 8.72. The molecule has 0 aliphatic heterocycles. The van der Waals surface area contributed by atoms with Crippen LogP contribution in [-0.2, 0) is 0 Å². The Morgan fingerprint density at radius 3 is 2.65 bits per heavy atom. The van der Waals surface area contributed by atoms with Crippen molar-refractivity contribution in [1.82, 2.24) is 4.98 Å². The van der Waals surface area contributed by atoms with E-state index >= 15 is 0 Å². The predicted octanol–water partition coefficient (Wildman–Crippen LogP) is 3.09. The quantitative estimate of drug-likeness (QED) is 0.922. The highest BCUT2D eigenvalue weighted by Gasteiger charge is 2.06. The van der Waals surface area contributed by atoms with E-state index in [4.69, 9.17) is 15.7 Å². The van der Waals surface area contributed by atoms with Crippen molar-refractivity contribution in [2.75, 3.05) is 5.73 Å². The Labute approximate surface area is 107 Å². The van der Waals surface area contributed by atoms with Crippen LogP contribution in [0.3, 0.4) is 0 Å². The van der Waals surface area contributed by atoms with E-state index in [0.29, 0.717) is 17.0 Å². The van der Waals surface area contributed by atoms with Gasteiger partial charge in [-0.25, -0.2) is 4.98 Å². The smallest absolute Gasteiger partial charge is 0.237 e. The summed E-state index contributed by atoms with van der Waals surface area (Å²) in [6.45, 7) is 0. The van der Waals surface area contributed by atoms with Gasteiger partial charge in [0.1, 0.15) is 17.4 Å². The van der Waals surface area contributed by atoms with Crippen LogP contribution in [0.5, 0.6) is 11.6 Å². The van der Waals surface area contributed by atoms with Crippen LogP contribution in [0.4, 0.5) is 5.69 Å². The Bertz CT molecular complexity index is 575. The van der Waals surface area contributed by atoms with Crippen LogP contribution < -0.4 is 10.5 Å². The second kappa shape index (κ2) is 4.85. The molecule has 0 atom stereocenters. The van der Waals surface area contributed by atoms with Gasteiger partial charge >= 0.3 is 0 Å². The highest BCUT2D eigenvalue weighted by molar-refractivity contribution is 9.10. The maximum absolute atomic E-state index is 8.93. The molecular weight excluding hydrogens is 282 g/mol. The van der Waals surface area contributed by atoms with Gasteiger partial charge in [0.15, 0.2) is 0 Å². The van der Waals surface area contributed by atoms with E-state index in [1.807, 2.05) is 18.2 Å². The number of nitriles is 1. The summed E-state index contributed by atoms with van der Waals surface area (Å²) in [7, 11) is 0. The molecule has 0 spiro atoms. The van der Waals surface area contributed by atoms with Crippen molar-refractivity contribution < 1.29 is 4.74 Å². The average Bonchev–Trinajstić information content (AvgIpc) is 2.34. The van der Waals surface area contributed by atoms with Gasteiger partial charge in [-0.05, 0) is 30.3 Å². The van der Waals surface area contributed by atoms with Gasteiger partial charge in [-0.1, -0.05) is 15.9 Å². The minimum absolute atomic E-state index is 0.254. The standard InChI is InChI=1S/C12H8BrN3O/c13-9-1-3-11(4-2-9)17-12-8(6-14)5-10(15)7-16-12/h1-5,7H,15H2. The van der Waals surface area contributed by atoms with E-state index in [1.165, 1.54) is 12.3 Å². The van der Waals surface area contributed by atoms with E-state index in [-0.39, 0.29) is 5.88 Å². The first-order valence-electron chi connectivity index (χ1n) is 4.78. The normalized spacial score (nSPS) is 9.65. The summed E-state index contributed by atoms with van der Waals surface area (Å²) in [4.78, 5) is 3.99. The third-order valence-corrected chi connectivity index (χ3v) is 2.55. The van der Waals surface area contributed by atoms with Gasteiger partial charge in [-0.3, -0.25) is 0 Å². The minimum Gasteiger partial charge on any atom is -0.438 e. The molecule has 0 radical (unpaired) electrons. The number of rotatable bonds is 2. The fraction of sp³-hybridized carbons (Fsp3) is 0. The largest absolute Gasteiger partial charge is 0.438 e. The van der Waals surface area contributed by atoms with Gasteiger partial charge in [-0.15, -0.1) is 0 Å². The zero-order valence-corrected chi connectivity index (χ0v) is 10.3. The number of ether oxygens (including phenoxy) is 1. The fourth-order valence-corrected chi connectivity index (χ4v) is 1.51. The third kappa shape index (κ3) is 2.74. The molecule has 2 rings (SSSR count). The Balaban J connectivity index is 2.30. The molecule has 0 saturated heterocycles. The Morgan fingerprint density at radius 2 is 2.00 bits per heavy atom. The molecule has 1 aromatic heterocycles. The number of halogens is 1. The molecule has 2 aromatic rings. The molecule has 0 fully saturated rings. The first kappa shape index (κ1) is 11.4. The number of nitrogens with zero attached hydrogens (tertiary/aromatic N) is 2. The van der Waals surface area contributed by atoms with Gasteiger partial charge in [0.2, 0.25) is 5.88 Å². The number of nitrogen functional groups attached to an aromatic ring is 1. The number of benzene rings is 1. The van der Waals surface area contributed by atoms with Crippen LogP contribution in [0.2, 0.25) is 0 Å². The summed E-state index contributed by atoms with van der Waals surface area (Å²) >= 11 is 3.33. The second-order valence-corrected chi connectivity index (χ2v) is 4.20. The lowest BCUT2D eigenvalue weighted by Crippen LogP contribution is -1.94. The Hall–Kier alpha value is -2.06. The van der Waals surface area contributed by atoms with Crippen molar-refractivity contribution in [2.45, 2.75) is 0 Å². The van der Waals surface area contributed by atoms with Gasteiger partial charge in [0, 0.05) is 4.47 Å². The van der Waals surface area contributed by atoms with Crippen LogP contribution in [-0.4, -0.2) is 4.98 Å². The SMILES string of the molecule is N#Cc1cc(N)cnc1Oc1ccc(Br)cc1. The highest BCUT2D eigenvalue weighted by Crippen LogP contribution is 2.25. The molecule has 0 aliphatic rings. The van der Waals surface area contributed by atoms with Crippen molar-refractivity contribution in [3.63, 3.8) is 0 Å². The summed E-state index contributed by atoms with van der Waals surface area (Å²) in [5, 5.41) is 8.93. The first-order chi connectivity index (χ1) is 8.19. The lowest BCUT2D eigenvalue weighted by Gasteiger charge is -2.06. The summed E-state index contributed by atoms with van der Waals surface area (Å²) in [5.41, 5.74) is 6.29. The van der Waals surface area contributed by atoms with Gasteiger partial charge in [0.05, 0.1) is 11.9 Å². The van der Waals surface area contributed by atoms with E-state index < -0.39 is 0 Å². The number of hydrogen-bond donors (Lipinski definition) is 1. The van der Waals surface area contributed by atoms with Crippen molar-refractivity contribution in [1.29, 1.82) is 5.26 Å². The highest BCUT2D eigenvalue weighted by atomic mass is 79.9. The lowest BCUT2D eigenvalue weighted by atomic mass is 10.3. The maximum Gasteiger partial charge on any atom is 0.237 e.